The molecule has 0 aliphatic carbocycles. The third-order valence-corrected chi connectivity index (χ3v) is 5.68. The lowest BCUT2D eigenvalue weighted by atomic mass is 10.2. The number of nitrogens with zero attached hydrogens (tertiary/aromatic N) is 5. The van der Waals surface area contributed by atoms with Gasteiger partial charge in [0.2, 0.25) is 5.91 Å². The monoisotopic (exact) mass is 468 g/mol. The first-order valence-corrected chi connectivity index (χ1v) is 9.84. The van der Waals surface area contributed by atoms with Crippen LogP contribution in [0.2, 0.25) is 0 Å². The fourth-order valence-corrected chi connectivity index (χ4v) is 4.11. The molecule has 3 aromatic heterocycles. The van der Waals surface area contributed by atoms with Gasteiger partial charge in [0.1, 0.15) is 11.1 Å². The number of benzene rings is 1. The molecule has 0 bridgehead atoms. The molecule has 0 radical (unpaired) electrons. The van der Waals surface area contributed by atoms with Crippen LogP contribution in [0.5, 0.6) is 5.75 Å². The van der Waals surface area contributed by atoms with Crippen LogP contribution in [0, 0.1) is 0 Å². The Labute approximate surface area is 180 Å². The number of aromatic nitrogens is 5. The Morgan fingerprint density at radius 2 is 1.91 bits per heavy atom. The second-order valence-electron chi connectivity index (χ2n) is 6.90. The first-order valence-electron chi connectivity index (χ1n) is 9.02. The predicted molar refractivity (Wildman–Crippen MR) is 110 cm³/mol. The van der Waals surface area contributed by atoms with E-state index in [1.807, 2.05) is 0 Å². The van der Waals surface area contributed by atoms with Crippen LogP contribution in [0.3, 0.4) is 0 Å². The van der Waals surface area contributed by atoms with E-state index in [4.69, 9.17) is 0 Å². The van der Waals surface area contributed by atoms with Gasteiger partial charge in [-0.2, -0.15) is 5.10 Å². The second-order valence-corrected chi connectivity index (χ2v) is 7.93. The number of rotatable bonds is 4. The van der Waals surface area contributed by atoms with Crippen molar-refractivity contribution < 1.29 is 22.7 Å². The lowest BCUT2D eigenvalue weighted by molar-refractivity contribution is -0.274. The van der Waals surface area contributed by atoms with Gasteiger partial charge in [-0.1, -0.05) is 11.3 Å². The van der Waals surface area contributed by atoms with E-state index in [1.165, 1.54) is 29.4 Å². The number of ether oxygens (including phenoxy) is 1. The number of amides is 1. The van der Waals surface area contributed by atoms with E-state index in [1.54, 1.807) is 7.05 Å². The number of nitrogens with one attached hydrogen (secondary N) is 1. The molecule has 168 valence electrons. The highest BCUT2D eigenvalue weighted by atomic mass is 32.1. The number of thiazole rings is 1. The van der Waals surface area contributed by atoms with Crippen molar-refractivity contribution in [3.05, 3.63) is 44.7 Å². The van der Waals surface area contributed by atoms with Gasteiger partial charge < -0.3 is 10.1 Å². The van der Waals surface area contributed by atoms with Crippen molar-refractivity contribution in [3.8, 4) is 5.75 Å². The quantitative estimate of drug-likeness (QED) is 0.488. The van der Waals surface area contributed by atoms with Crippen LogP contribution in [0.25, 0.3) is 21.3 Å². The Morgan fingerprint density at radius 1 is 1.19 bits per heavy atom. The maximum absolute atomic E-state index is 12.6. The van der Waals surface area contributed by atoms with Gasteiger partial charge in [-0.15, -0.1) is 13.2 Å². The minimum atomic E-state index is -4.83. The smallest absolute Gasteiger partial charge is 0.406 e. The minimum absolute atomic E-state index is 0.144. The minimum Gasteiger partial charge on any atom is -0.406 e. The molecule has 10 nitrogen and oxygen atoms in total. The summed E-state index contributed by atoms with van der Waals surface area (Å²) in [5.74, 6) is -0.937. The van der Waals surface area contributed by atoms with Crippen LogP contribution in [0.15, 0.2) is 27.8 Å². The number of carbonyl (C=O) groups excluding carboxylic acids is 1. The molecule has 0 saturated heterocycles. The zero-order valence-corrected chi connectivity index (χ0v) is 17.7. The summed E-state index contributed by atoms with van der Waals surface area (Å²) in [6.07, 6.45) is -5.06. The molecule has 1 N–H and O–H groups in total. The second kappa shape index (κ2) is 7.47. The lowest BCUT2D eigenvalue weighted by Gasteiger charge is -2.07. The molecule has 0 aliphatic rings. The van der Waals surface area contributed by atoms with E-state index < -0.39 is 29.3 Å². The van der Waals surface area contributed by atoms with Gasteiger partial charge in [0.05, 0.1) is 22.3 Å². The summed E-state index contributed by atoms with van der Waals surface area (Å²) in [7, 11) is 4.35. The predicted octanol–water partition coefficient (Wildman–Crippen LogP) is 1.66. The SMILES string of the molecule is Cn1nc2c(c1CC(=O)Nc1nc3cc(OC(F)(F)F)ccc3s1)c(=O)n(C)c(=O)n2C. The standard InChI is InChI=1S/C18H15F3N6O4S/c1-25-14-13(15(29)26(2)17(25)30)10(27(3)24-14)7-12(28)23-16-22-9-6-8(31-18(19,20)21)4-5-11(9)32-16/h4-6H,7H2,1-3H3,(H,22,23,28). The van der Waals surface area contributed by atoms with E-state index in [2.05, 4.69) is 20.1 Å². The normalized spacial score (nSPS) is 11.9. The Kier molecular flexibility index (Phi) is 5.03. The summed E-state index contributed by atoms with van der Waals surface area (Å²) in [5, 5.41) is 7.06. The topological polar surface area (TPSA) is 113 Å². The first-order chi connectivity index (χ1) is 14.9. The van der Waals surface area contributed by atoms with Gasteiger partial charge in [-0.3, -0.25) is 23.4 Å². The first kappa shape index (κ1) is 21.5. The van der Waals surface area contributed by atoms with Crippen molar-refractivity contribution in [2.24, 2.45) is 21.1 Å². The van der Waals surface area contributed by atoms with E-state index in [-0.39, 0.29) is 28.1 Å². The Hall–Kier alpha value is -3.68. The molecule has 4 aromatic rings. The van der Waals surface area contributed by atoms with Crippen molar-refractivity contribution in [2.75, 3.05) is 5.32 Å². The maximum atomic E-state index is 12.6. The molecule has 0 spiro atoms. The van der Waals surface area contributed by atoms with Crippen LogP contribution < -0.4 is 21.3 Å². The molecule has 4 rings (SSSR count). The number of hydrogen-bond donors (Lipinski definition) is 1. The van der Waals surface area contributed by atoms with Crippen molar-refractivity contribution in [1.82, 2.24) is 23.9 Å². The Bertz CT molecular complexity index is 1500. The summed E-state index contributed by atoms with van der Waals surface area (Å²) in [6.45, 7) is 0. The van der Waals surface area contributed by atoms with Crippen LogP contribution in [-0.2, 0) is 32.4 Å². The molecule has 1 amide bonds. The highest BCUT2D eigenvalue weighted by Gasteiger charge is 2.31. The summed E-state index contributed by atoms with van der Waals surface area (Å²) < 4.78 is 45.1. The zero-order valence-electron chi connectivity index (χ0n) is 16.9. The van der Waals surface area contributed by atoms with Crippen LogP contribution in [0.4, 0.5) is 18.3 Å². The fraction of sp³-hybridized carbons (Fsp3) is 0.278. The number of anilines is 1. The molecular formula is C18H15F3N6O4S. The summed E-state index contributed by atoms with van der Waals surface area (Å²) >= 11 is 1.07. The van der Waals surface area contributed by atoms with Gasteiger partial charge in [-0.25, -0.2) is 9.78 Å². The molecule has 0 aliphatic heterocycles. The maximum Gasteiger partial charge on any atom is 0.573 e. The van der Waals surface area contributed by atoms with Crippen molar-refractivity contribution >= 4 is 43.6 Å². The third kappa shape index (κ3) is 3.84. The average molecular weight is 468 g/mol. The molecule has 1 aromatic carbocycles. The van der Waals surface area contributed by atoms with E-state index in [0.29, 0.717) is 10.4 Å². The fourth-order valence-electron chi connectivity index (χ4n) is 3.24. The lowest BCUT2D eigenvalue weighted by Crippen LogP contribution is -2.37. The summed E-state index contributed by atoms with van der Waals surface area (Å²) in [5.41, 5.74) is -0.436. The van der Waals surface area contributed by atoms with Gasteiger partial charge in [-0.05, 0) is 12.1 Å². The molecule has 14 heteroatoms. The van der Waals surface area contributed by atoms with Crippen LogP contribution >= 0.6 is 11.3 Å². The van der Waals surface area contributed by atoms with Crippen LogP contribution in [0.1, 0.15) is 5.69 Å². The van der Waals surface area contributed by atoms with Gasteiger partial charge >= 0.3 is 12.1 Å². The average Bonchev–Trinajstić information content (AvgIpc) is 3.23. The van der Waals surface area contributed by atoms with E-state index >= 15 is 0 Å². The molecule has 32 heavy (non-hydrogen) atoms. The van der Waals surface area contributed by atoms with E-state index in [9.17, 15) is 27.6 Å². The number of fused-ring (bicyclic) bond motifs is 2. The molecular weight excluding hydrogens is 453 g/mol. The zero-order chi connectivity index (χ0) is 23.4. The summed E-state index contributed by atoms with van der Waals surface area (Å²) in [6, 6.07) is 3.68. The van der Waals surface area contributed by atoms with Gasteiger partial charge in [0, 0.05) is 27.2 Å². The Balaban J connectivity index is 1.61. The van der Waals surface area contributed by atoms with Crippen molar-refractivity contribution in [1.29, 1.82) is 0 Å². The number of alkyl halides is 3. The van der Waals surface area contributed by atoms with Crippen LogP contribution in [-0.4, -0.2) is 36.2 Å². The highest BCUT2D eigenvalue weighted by Crippen LogP contribution is 2.31. The third-order valence-electron chi connectivity index (χ3n) is 4.72. The number of halogens is 3. The summed E-state index contributed by atoms with van der Waals surface area (Å²) in [4.78, 5) is 41.4. The van der Waals surface area contributed by atoms with Crippen molar-refractivity contribution in [3.63, 3.8) is 0 Å². The molecule has 0 saturated carbocycles. The van der Waals surface area contributed by atoms with Crippen molar-refractivity contribution in [2.45, 2.75) is 12.8 Å². The largest absolute Gasteiger partial charge is 0.573 e. The number of carbonyl (C=O) groups is 1. The number of hydrogen-bond acceptors (Lipinski definition) is 7. The van der Waals surface area contributed by atoms with Gasteiger partial charge in [0.25, 0.3) is 5.56 Å². The highest BCUT2D eigenvalue weighted by molar-refractivity contribution is 7.22. The number of aryl methyl sites for hydroxylation is 2. The van der Waals surface area contributed by atoms with E-state index in [0.717, 1.165) is 28.0 Å². The van der Waals surface area contributed by atoms with Gasteiger partial charge in [0.15, 0.2) is 10.8 Å². The molecule has 0 fully saturated rings. The molecule has 0 atom stereocenters. The molecule has 0 unspecified atom stereocenters. The Morgan fingerprint density at radius 3 is 2.59 bits per heavy atom. The molecule has 3 heterocycles.